The van der Waals surface area contributed by atoms with Gasteiger partial charge in [0, 0.05) is 6.42 Å². The van der Waals surface area contributed by atoms with E-state index in [0.717, 1.165) is 18.6 Å². The Morgan fingerprint density at radius 2 is 2.00 bits per heavy atom. The number of hydrogen-bond donors (Lipinski definition) is 0. The molecule has 1 aromatic carbocycles. The Balaban J connectivity index is 2.63. The molecule has 1 rings (SSSR count). The third kappa shape index (κ3) is 4.35. The Hall–Kier alpha value is -1.50. The van der Waals surface area contributed by atoms with Gasteiger partial charge in [-0.05, 0) is 31.6 Å². The molecule has 0 heterocycles. The zero-order chi connectivity index (χ0) is 11.8. The largest absolute Gasteiger partial charge is 0.486 e. The third-order valence-corrected chi connectivity index (χ3v) is 2.29. The van der Waals surface area contributed by atoms with Gasteiger partial charge in [-0.3, -0.25) is 0 Å². The van der Waals surface area contributed by atoms with Crippen molar-refractivity contribution in [1.29, 1.82) is 0 Å². The van der Waals surface area contributed by atoms with Crippen LogP contribution in [-0.2, 0) is 0 Å². The summed E-state index contributed by atoms with van der Waals surface area (Å²) in [7, 11) is 0. The van der Waals surface area contributed by atoms with Gasteiger partial charge in [-0.2, -0.15) is 0 Å². The summed E-state index contributed by atoms with van der Waals surface area (Å²) >= 11 is 0. The van der Waals surface area contributed by atoms with Crippen LogP contribution in [0.3, 0.4) is 0 Å². The maximum atomic E-state index is 5.85. The molecule has 1 heteroatoms. The first-order valence-corrected chi connectivity index (χ1v) is 5.77. The van der Waals surface area contributed by atoms with Crippen LogP contribution in [0.15, 0.2) is 49.1 Å². The van der Waals surface area contributed by atoms with E-state index in [4.69, 9.17) is 4.74 Å². The molecule has 0 aliphatic rings. The predicted octanol–water partition coefficient (Wildman–Crippen LogP) is 4.28. The van der Waals surface area contributed by atoms with E-state index >= 15 is 0 Å². The van der Waals surface area contributed by atoms with E-state index in [1.807, 2.05) is 18.2 Å². The van der Waals surface area contributed by atoms with Crippen molar-refractivity contribution in [3.8, 4) is 5.75 Å². The smallest absolute Gasteiger partial charge is 0.120 e. The lowest BCUT2D eigenvalue weighted by Crippen LogP contribution is -2.12. The third-order valence-electron chi connectivity index (χ3n) is 2.29. The van der Waals surface area contributed by atoms with Gasteiger partial charge in [0.05, 0.1) is 0 Å². The first-order chi connectivity index (χ1) is 7.76. The molecular formula is C15H20O. The van der Waals surface area contributed by atoms with E-state index in [2.05, 4.69) is 44.7 Å². The summed E-state index contributed by atoms with van der Waals surface area (Å²) < 4.78 is 5.85. The van der Waals surface area contributed by atoms with Crippen molar-refractivity contribution in [2.75, 3.05) is 0 Å². The van der Waals surface area contributed by atoms with E-state index in [9.17, 15) is 0 Å². The van der Waals surface area contributed by atoms with Crippen LogP contribution in [0.1, 0.15) is 25.3 Å². The highest BCUT2D eigenvalue weighted by Crippen LogP contribution is 2.15. The molecule has 0 bridgehead atoms. The van der Waals surface area contributed by atoms with E-state index in [1.54, 1.807) is 0 Å². The first kappa shape index (κ1) is 12.6. The molecule has 0 N–H and O–H groups in total. The molecular weight excluding hydrogens is 196 g/mol. The SMILES string of the molecule is C=CCC(/C=C\CC)Oc1ccc(C)cc1. The molecule has 0 amide bonds. The molecule has 16 heavy (non-hydrogen) atoms. The van der Waals surface area contributed by atoms with Gasteiger partial charge in [0.1, 0.15) is 11.9 Å². The van der Waals surface area contributed by atoms with Crippen molar-refractivity contribution >= 4 is 0 Å². The Morgan fingerprint density at radius 1 is 1.31 bits per heavy atom. The lowest BCUT2D eigenvalue weighted by Gasteiger charge is -2.14. The van der Waals surface area contributed by atoms with Crippen molar-refractivity contribution in [2.45, 2.75) is 32.8 Å². The fraction of sp³-hybridized carbons (Fsp3) is 0.333. The van der Waals surface area contributed by atoms with Crippen molar-refractivity contribution in [3.63, 3.8) is 0 Å². The molecule has 1 nitrogen and oxygen atoms in total. The molecule has 1 unspecified atom stereocenters. The molecule has 0 radical (unpaired) electrons. The highest BCUT2D eigenvalue weighted by Gasteiger charge is 2.03. The molecule has 0 saturated heterocycles. The minimum atomic E-state index is 0.0974. The van der Waals surface area contributed by atoms with Gasteiger partial charge < -0.3 is 4.74 Å². The Kier molecular flexibility index (Phi) is 5.41. The minimum Gasteiger partial charge on any atom is -0.486 e. The number of aryl methyl sites for hydroxylation is 1. The molecule has 0 saturated carbocycles. The van der Waals surface area contributed by atoms with Gasteiger partial charge >= 0.3 is 0 Å². The van der Waals surface area contributed by atoms with Crippen LogP contribution in [0, 0.1) is 6.92 Å². The van der Waals surface area contributed by atoms with Crippen LogP contribution >= 0.6 is 0 Å². The Morgan fingerprint density at radius 3 is 2.56 bits per heavy atom. The molecule has 86 valence electrons. The average molecular weight is 216 g/mol. The van der Waals surface area contributed by atoms with Crippen LogP contribution in [0.5, 0.6) is 5.75 Å². The summed E-state index contributed by atoms with van der Waals surface area (Å²) in [6.45, 7) is 7.94. The lowest BCUT2D eigenvalue weighted by molar-refractivity contribution is 0.252. The topological polar surface area (TPSA) is 9.23 Å². The fourth-order valence-corrected chi connectivity index (χ4v) is 1.41. The van der Waals surface area contributed by atoms with E-state index in [0.29, 0.717) is 0 Å². The van der Waals surface area contributed by atoms with Crippen molar-refractivity contribution in [1.82, 2.24) is 0 Å². The van der Waals surface area contributed by atoms with Crippen molar-refractivity contribution in [2.24, 2.45) is 0 Å². The molecule has 0 aromatic heterocycles. The van der Waals surface area contributed by atoms with Crippen LogP contribution in [0.25, 0.3) is 0 Å². The second-order valence-electron chi connectivity index (χ2n) is 3.83. The zero-order valence-electron chi connectivity index (χ0n) is 10.1. The lowest BCUT2D eigenvalue weighted by atomic mass is 10.2. The minimum absolute atomic E-state index is 0.0974. The molecule has 0 fully saturated rings. The van der Waals surface area contributed by atoms with Gasteiger partial charge in [-0.15, -0.1) is 6.58 Å². The van der Waals surface area contributed by atoms with Crippen LogP contribution in [0.2, 0.25) is 0 Å². The molecule has 0 spiro atoms. The average Bonchev–Trinajstić information content (AvgIpc) is 2.29. The summed E-state index contributed by atoms with van der Waals surface area (Å²) in [5, 5.41) is 0. The summed E-state index contributed by atoms with van der Waals surface area (Å²) in [6, 6.07) is 8.13. The van der Waals surface area contributed by atoms with Crippen molar-refractivity contribution < 1.29 is 4.74 Å². The summed E-state index contributed by atoms with van der Waals surface area (Å²) in [4.78, 5) is 0. The maximum absolute atomic E-state index is 5.85. The quantitative estimate of drug-likeness (QED) is 0.645. The summed E-state index contributed by atoms with van der Waals surface area (Å²) in [6.07, 6.45) is 8.08. The van der Waals surface area contributed by atoms with Gasteiger partial charge in [-0.25, -0.2) is 0 Å². The Bertz CT molecular complexity index is 335. The monoisotopic (exact) mass is 216 g/mol. The van der Waals surface area contributed by atoms with Crippen LogP contribution < -0.4 is 4.74 Å². The van der Waals surface area contributed by atoms with Crippen molar-refractivity contribution in [3.05, 3.63) is 54.6 Å². The highest BCUT2D eigenvalue weighted by molar-refractivity contribution is 5.26. The second kappa shape index (κ2) is 6.89. The number of allylic oxidation sites excluding steroid dienone is 1. The van der Waals surface area contributed by atoms with Gasteiger partial charge in [0.25, 0.3) is 0 Å². The van der Waals surface area contributed by atoms with Gasteiger partial charge in [0.15, 0.2) is 0 Å². The maximum Gasteiger partial charge on any atom is 0.120 e. The summed E-state index contributed by atoms with van der Waals surface area (Å²) in [5.74, 6) is 0.915. The normalized spacial score (nSPS) is 12.6. The Labute approximate surface area is 98.5 Å². The zero-order valence-corrected chi connectivity index (χ0v) is 10.1. The number of rotatable bonds is 6. The van der Waals surface area contributed by atoms with Gasteiger partial charge in [-0.1, -0.05) is 36.8 Å². The second-order valence-corrected chi connectivity index (χ2v) is 3.83. The predicted molar refractivity (Wildman–Crippen MR) is 69.8 cm³/mol. The number of ether oxygens (including phenoxy) is 1. The van der Waals surface area contributed by atoms with E-state index < -0.39 is 0 Å². The molecule has 1 atom stereocenters. The standard InChI is InChI=1S/C15H20O/c1-4-6-8-14(7-5-2)16-15-11-9-13(3)10-12-15/h5-6,8-12,14H,2,4,7H2,1,3H3/b8-6-. The van der Waals surface area contributed by atoms with Crippen LogP contribution in [0.4, 0.5) is 0 Å². The van der Waals surface area contributed by atoms with E-state index in [-0.39, 0.29) is 6.10 Å². The number of hydrogen-bond acceptors (Lipinski definition) is 1. The summed E-state index contributed by atoms with van der Waals surface area (Å²) in [5.41, 5.74) is 1.25. The first-order valence-electron chi connectivity index (χ1n) is 5.77. The van der Waals surface area contributed by atoms with E-state index in [1.165, 1.54) is 5.56 Å². The van der Waals surface area contributed by atoms with Crippen LogP contribution in [-0.4, -0.2) is 6.10 Å². The highest BCUT2D eigenvalue weighted by atomic mass is 16.5. The number of benzene rings is 1. The van der Waals surface area contributed by atoms with Gasteiger partial charge in [0.2, 0.25) is 0 Å². The fourth-order valence-electron chi connectivity index (χ4n) is 1.41. The molecule has 0 aliphatic carbocycles. The molecule has 0 aliphatic heterocycles. The molecule has 1 aromatic rings.